The van der Waals surface area contributed by atoms with E-state index in [0.717, 1.165) is 31.4 Å². The third kappa shape index (κ3) is 4.43. The van der Waals surface area contributed by atoms with Gasteiger partial charge in [0.2, 0.25) is 0 Å². The van der Waals surface area contributed by atoms with Crippen LogP contribution in [0.1, 0.15) is 51.5 Å². The summed E-state index contributed by atoms with van der Waals surface area (Å²) >= 11 is 0. The summed E-state index contributed by atoms with van der Waals surface area (Å²) in [6.45, 7) is 4.19. The molecule has 0 aliphatic carbocycles. The zero-order valence-corrected chi connectivity index (χ0v) is 15.1. The van der Waals surface area contributed by atoms with Gasteiger partial charge in [0.25, 0.3) is 0 Å². The van der Waals surface area contributed by atoms with Crippen LogP contribution in [0.2, 0.25) is 0 Å². The maximum absolute atomic E-state index is 13.0. The molecule has 2 fully saturated rings. The molecule has 0 spiro atoms. The monoisotopic (exact) mass is 373 g/mol. The fourth-order valence-corrected chi connectivity index (χ4v) is 3.73. The number of fused-ring (bicyclic) bond motifs is 2. The second-order valence-electron chi connectivity index (χ2n) is 7.69. The van der Waals surface area contributed by atoms with Gasteiger partial charge in [0.05, 0.1) is 12.2 Å². The average molecular weight is 373 g/mol. The van der Waals surface area contributed by atoms with Crippen LogP contribution < -0.4 is 9.47 Å². The van der Waals surface area contributed by atoms with Crippen LogP contribution in [0.3, 0.4) is 0 Å². The molecule has 0 amide bonds. The molecule has 7 heteroatoms. The third-order valence-corrected chi connectivity index (χ3v) is 5.03. The first-order valence-electron chi connectivity index (χ1n) is 9.22. The predicted octanol–water partition coefficient (Wildman–Crippen LogP) is 4.89. The molecule has 1 N–H and O–H groups in total. The van der Waals surface area contributed by atoms with E-state index < -0.39 is 11.7 Å². The number of ether oxygens (including phenoxy) is 2. The molecule has 3 rings (SSSR count). The smallest absolute Gasteiger partial charge is 0.416 e. The van der Waals surface area contributed by atoms with Gasteiger partial charge in [-0.15, -0.1) is 0 Å². The predicted molar refractivity (Wildman–Crippen MR) is 90.5 cm³/mol. The first kappa shape index (κ1) is 19.3. The summed E-state index contributed by atoms with van der Waals surface area (Å²) in [5, 5.41) is 11.6. The standard InChI is InChI=1S/C19H26F3NO3/c1-12(2)11-25-18-8-13(19(20,21)22)6-7-17(18)26-16-9-14-4-3-5-15(10-16)23(14)24/h6-8,12,14-16,24H,3-5,9-11H2,1-2H3/t14-,15-/m1/s1. The van der Waals surface area contributed by atoms with Crippen LogP contribution in [-0.4, -0.2) is 35.1 Å². The molecule has 0 radical (unpaired) electrons. The molecule has 0 saturated carbocycles. The quantitative estimate of drug-likeness (QED) is 0.798. The van der Waals surface area contributed by atoms with Crippen molar-refractivity contribution in [3.05, 3.63) is 23.8 Å². The Balaban J connectivity index is 1.77. The first-order valence-corrected chi connectivity index (χ1v) is 9.22. The van der Waals surface area contributed by atoms with Crippen molar-refractivity contribution >= 4 is 0 Å². The minimum atomic E-state index is -4.42. The zero-order valence-electron chi connectivity index (χ0n) is 15.1. The second-order valence-corrected chi connectivity index (χ2v) is 7.69. The Kier molecular flexibility index (Phi) is 5.67. The Bertz CT molecular complexity index is 607. The summed E-state index contributed by atoms with van der Waals surface area (Å²) < 4.78 is 50.7. The summed E-state index contributed by atoms with van der Waals surface area (Å²) in [6.07, 6.45) is -0.315. The third-order valence-electron chi connectivity index (χ3n) is 5.03. The first-order chi connectivity index (χ1) is 12.2. The van der Waals surface area contributed by atoms with Crippen molar-refractivity contribution in [2.75, 3.05) is 6.61 Å². The van der Waals surface area contributed by atoms with Gasteiger partial charge in [-0.2, -0.15) is 18.2 Å². The van der Waals surface area contributed by atoms with Crippen LogP contribution in [0.25, 0.3) is 0 Å². The van der Waals surface area contributed by atoms with E-state index >= 15 is 0 Å². The molecule has 2 saturated heterocycles. The fraction of sp³-hybridized carbons (Fsp3) is 0.684. The van der Waals surface area contributed by atoms with E-state index in [0.29, 0.717) is 25.2 Å². The molecule has 2 atom stereocenters. The van der Waals surface area contributed by atoms with E-state index in [4.69, 9.17) is 9.47 Å². The van der Waals surface area contributed by atoms with Gasteiger partial charge in [-0.3, -0.25) is 0 Å². The summed E-state index contributed by atoms with van der Waals surface area (Å²) in [4.78, 5) is 0. The number of nitrogens with zero attached hydrogens (tertiary/aromatic N) is 1. The lowest BCUT2D eigenvalue weighted by atomic mass is 9.85. The van der Waals surface area contributed by atoms with Crippen molar-refractivity contribution in [1.29, 1.82) is 0 Å². The van der Waals surface area contributed by atoms with E-state index in [1.807, 2.05) is 13.8 Å². The number of piperidine rings is 2. The van der Waals surface area contributed by atoms with E-state index in [9.17, 15) is 18.4 Å². The topological polar surface area (TPSA) is 41.9 Å². The highest BCUT2D eigenvalue weighted by Crippen LogP contribution is 2.39. The summed E-state index contributed by atoms with van der Waals surface area (Å²) in [5.74, 6) is 0.660. The zero-order chi connectivity index (χ0) is 18.9. The van der Waals surface area contributed by atoms with Gasteiger partial charge >= 0.3 is 6.18 Å². The van der Waals surface area contributed by atoms with Crippen molar-refractivity contribution in [2.24, 2.45) is 5.92 Å². The molecular weight excluding hydrogens is 347 g/mol. The normalized spacial score (nSPS) is 26.8. The van der Waals surface area contributed by atoms with Crippen LogP contribution in [-0.2, 0) is 6.18 Å². The highest BCUT2D eigenvalue weighted by Gasteiger charge is 2.39. The minimum Gasteiger partial charge on any atom is -0.489 e. The Morgan fingerprint density at radius 2 is 1.81 bits per heavy atom. The average Bonchev–Trinajstić information content (AvgIpc) is 2.53. The summed E-state index contributed by atoms with van der Waals surface area (Å²) in [6, 6.07) is 3.50. The number of halogens is 3. The molecule has 1 aromatic carbocycles. The van der Waals surface area contributed by atoms with Gasteiger partial charge < -0.3 is 14.7 Å². The number of hydroxylamine groups is 2. The Morgan fingerprint density at radius 3 is 2.38 bits per heavy atom. The SMILES string of the molecule is CC(C)COc1cc(C(F)(F)F)ccc1OC1C[C@H]2CCC[C@H](C1)N2O. The van der Waals surface area contributed by atoms with Gasteiger partial charge in [0.1, 0.15) is 6.10 Å². The molecule has 2 aliphatic rings. The Morgan fingerprint density at radius 1 is 1.15 bits per heavy atom. The van der Waals surface area contributed by atoms with E-state index in [1.54, 1.807) is 0 Å². The van der Waals surface area contributed by atoms with Crippen molar-refractivity contribution in [3.8, 4) is 11.5 Å². The minimum absolute atomic E-state index is 0.0574. The molecule has 2 bridgehead atoms. The lowest BCUT2D eigenvalue weighted by Crippen LogP contribution is -2.52. The lowest BCUT2D eigenvalue weighted by molar-refractivity contribution is -0.207. The van der Waals surface area contributed by atoms with Crippen molar-refractivity contribution in [3.63, 3.8) is 0 Å². The number of hydrogen-bond donors (Lipinski definition) is 1. The molecule has 26 heavy (non-hydrogen) atoms. The van der Waals surface area contributed by atoms with Gasteiger partial charge in [-0.1, -0.05) is 20.3 Å². The molecule has 1 aromatic rings. The van der Waals surface area contributed by atoms with E-state index in [2.05, 4.69) is 0 Å². The molecular formula is C19H26F3NO3. The second kappa shape index (κ2) is 7.64. The maximum Gasteiger partial charge on any atom is 0.416 e. The molecule has 4 nitrogen and oxygen atoms in total. The van der Waals surface area contributed by atoms with Crippen molar-refractivity contribution < 1.29 is 27.9 Å². The number of alkyl halides is 3. The van der Waals surface area contributed by atoms with E-state index in [1.165, 1.54) is 11.1 Å². The Hall–Kier alpha value is -1.47. The maximum atomic E-state index is 13.0. The van der Waals surface area contributed by atoms with E-state index in [-0.39, 0.29) is 29.9 Å². The highest BCUT2D eigenvalue weighted by atomic mass is 19.4. The van der Waals surface area contributed by atoms with Gasteiger partial charge in [0.15, 0.2) is 11.5 Å². The van der Waals surface area contributed by atoms with Gasteiger partial charge in [-0.05, 0) is 37.0 Å². The van der Waals surface area contributed by atoms with Crippen molar-refractivity contribution in [1.82, 2.24) is 5.06 Å². The van der Waals surface area contributed by atoms with Crippen LogP contribution >= 0.6 is 0 Å². The number of benzene rings is 1. The van der Waals surface area contributed by atoms with Crippen LogP contribution in [0.4, 0.5) is 13.2 Å². The summed E-state index contributed by atoms with van der Waals surface area (Å²) in [5.41, 5.74) is -0.745. The lowest BCUT2D eigenvalue weighted by Gasteiger charge is -2.44. The Labute approximate surface area is 151 Å². The summed E-state index contributed by atoms with van der Waals surface area (Å²) in [7, 11) is 0. The molecule has 2 heterocycles. The number of rotatable bonds is 5. The van der Waals surface area contributed by atoms with Crippen LogP contribution in [0.5, 0.6) is 11.5 Å². The van der Waals surface area contributed by atoms with Crippen LogP contribution in [0, 0.1) is 5.92 Å². The highest BCUT2D eigenvalue weighted by molar-refractivity contribution is 5.44. The molecule has 0 unspecified atom stereocenters. The van der Waals surface area contributed by atoms with Gasteiger partial charge in [0, 0.05) is 24.9 Å². The molecule has 0 aromatic heterocycles. The van der Waals surface area contributed by atoms with Crippen molar-refractivity contribution in [2.45, 2.75) is 70.3 Å². The largest absolute Gasteiger partial charge is 0.489 e. The fourth-order valence-electron chi connectivity index (χ4n) is 3.73. The number of hydrogen-bond acceptors (Lipinski definition) is 4. The molecule has 146 valence electrons. The van der Waals surface area contributed by atoms with Crippen LogP contribution in [0.15, 0.2) is 18.2 Å². The molecule has 2 aliphatic heterocycles. The van der Waals surface area contributed by atoms with Gasteiger partial charge in [-0.25, -0.2) is 0 Å².